The van der Waals surface area contributed by atoms with Gasteiger partial charge in [-0.2, -0.15) is 0 Å². The summed E-state index contributed by atoms with van der Waals surface area (Å²) in [6, 6.07) is 14.5. The largest absolute Gasteiger partial charge is 0.373 e. The second-order valence-electron chi connectivity index (χ2n) is 5.51. The van der Waals surface area contributed by atoms with E-state index >= 15 is 0 Å². The predicted octanol–water partition coefficient (Wildman–Crippen LogP) is 5.17. The summed E-state index contributed by atoms with van der Waals surface area (Å²) in [6.45, 7) is 4.34. The SMILES string of the molecule is CCCc1nc(-c2cccc(NC)n2)c(-c2ccccc2C)s1. The highest BCUT2D eigenvalue weighted by molar-refractivity contribution is 7.15. The van der Waals surface area contributed by atoms with Gasteiger partial charge in [0.2, 0.25) is 0 Å². The van der Waals surface area contributed by atoms with Crippen LogP contribution in [0.4, 0.5) is 5.82 Å². The van der Waals surface area contributed by atoms with Gasteiger partial charge in [0.15, 0.2) is 0 Å². The molecule has 0 unspecified atom stereocenters. The van der Waals surface area contributed by atoms with Gasteiger partial charge in [-0.15, -0.1) is 11.3 Å². The Bertz CT molecular complexity index is 808. The molecule has 1 aromatic carbocycles. The van der Waals surface area contributed by atoms with Crippen LogP contribution in [0.5, 0.6) is 0 Å². The molecule has 2 aromatic heterocycles. The lowest BCUT2D eigenvalue weighted by Crippen LogP contribution is -1.94. The van der Waals surface area contributed by atoms with Gasteiger partial charge in [-0.3, -0.25) is 0 Å². The quantitative estimate of drug-likeness (QED) is 0.703. The Balaban J connectivity index is 2.17. The fourth-order valence-corrected chi connectivity index (χ4v) is 3.84. The van der Waals surface area contributed by atoms with Crippen molar-refractivity contribution >= 4 is 17.2 Å². The van der Waals surface area contributed by atoms with E-state index in [4.69, 9.17) is 4.98 Å². The topological polar surface area (TPSA) is 37.8 Å². The van der Waals surface area contributed by atoms with Crippen LogP contribution < -0.4 is 5.32 Å². The van der Waals surface area contributed by atoms with Gasteiger partial charge in [0.05, 0.1) is 15.6 Å². The van der Waals surface area contributed by atoms with Crippen LogP contribution in [0.2, 0.25) is 0 Å². The summed E-state index contributed by atoms with van der Waals surface area (Å²) in [5, 5.41) is 4.28. The minimum atomic E-state index is 0.864. The Hall–Kier alpha value is -2.20. The van der Waals surface area contributed by atoms with Gasteiger partial charge < -0.3 is 5.32 Å². The number of hydrogen-bond donors (Lipinski definition) is 1. The lowest BCUT2D eigenvalue weighted by Gasteiger charge is -2.06. The summed E-state index contributed by atoms with van der Waals surface area (Å²) in [7, 11) is 1.89. The molecule has 3 aromatic rings. The Kier molecular flexibility index (Phi) is 4.72. The van der Waals surface area contributed by atoms with Crippen LogP contribution in [0, 0.1) is 6.92 Å². The summed E-state index contributed by atoms with van der Waals surface area (Å²) >= 11 is 1.79. The Morgan fingerprint density at radius 1 is 1.04 bits per heavy atom. The molecule has 0 saturated heterocycles. The van der Waals surface area contributed by atoms with Gasteiger partial charge in [0.25, 0.3) is 0 Å². The van der Waals surface area contributed by atoms with Crippen LogP contribution in [0.1, 0.15) is 23.9 Å². The number of rotatable bonds is 5. The highest BCUT2D eigenvalue weighted by Crippen LogP contribution is 2.38. The molecule has 0 amide bonds. The number of pyridine rings is 1. The van der Waals surface area contributed by atoms with Crippen LogP contribution in [-0.2, 0) is 6.42 Å². The van der Waals surface area contributed by atoms with E-state index < -0.39 is 0 Å². The van der Waals surface area contributed by atoms with Crippen molar-refractivity contribution in [2.24, 2.45) is 0 Å². The normalized spacial score (nSPS) is 10.7. The number of aryl methyl sites for hydroxylation is 2. The van der Waals surface area contributed by atoms with Gasteiger partial charge in [-0.05, 0) is 43.0 Å². The molecular weight excluding hydrogens is 302 g/mol. The van der Waals surface area contributed by atoms with Crippen molar-refractivity contribution in [1.82, 2.24) is 9.97 Å². The molecule has 0 atom stereocenters. The number of benzene rings is 1. The zero-order valence-electron chi connectivity index (χ0n) is 13.8. The maximum atomic E-state index is 4.89. The minimum Gasteiger partial charge on any atom is -0.373 e. The average Bonchev–Trinajstić information content (AvgIpc) is 2.99. The molecule has 0 radical (unpaired) electrons. The third-order valence-corrected chi connectivity index (χ3v) is 4.92. The summed E-state index contributed by atoms with van der Waals surface area (Å²) < 4.78 is 0. The van der Waals surface area contributed by atoms with Crippen molar-refractivity contribution in [3.8, 4) is 21.8 Å². The molecule has 4 heteroatoms. The van der Waals surface area contributed by atoms with Crippen molar-refractivity contribution in [2.45, 2.75) is 26.7 Å². The Labute approximate surface area is 141 Å². The molecule has 3 rings (SSSR count). The van der Waals surface area contributed by atoms with Crippen LogP contribution in [0.15, 0.2) is 42.5 Å². The molecule has 2 heterocycles. The Morgan fingerprint density at radius 3 is 2.61 bits per heavy atom. The van der Waals surface area contributed by atoms with Crippen molar-refractivity contribution in [2.75, 3.05) is 12.4 Å². The van der Waals surface area contributed by atoms with E-state index in [9.17, 15) is 0 Å². The average molecular weight is 323 g/mol. The second kappa shape index (κ2) is 6.92. The minimum absolute atomic E-state index is 0.864. The van der Waals surface area contributed by atoms with Gasteiger partial charge in [0, 0.05) is 7.05 Å². The molecule has 118 valence electrons. The number of nitrogens with one attached hydrogen (secondary N) is 1. The van der Waals surface area contributed by atoms with E-state index in [-0.39, 0.29) is 0 Å². The zero-order valence-corrected chi connectivity index (χ0v) is 14.6. The monoisotopic (exact) mass is 323 g/mol. The van der Waals surface area contributed by atoms with E-state index in [2.05, 4.69) is 48.4 Å². The van der Waals surface area contributed by atoms with Gasteiger partial charge in [-0.1, -0.05) is 37.3 Å². The number of anilines is 1. The van der Waals surface area contributed by atoms with E-state index in [1.54, 1.807) is 11.3 Å². The molecule has 0 bridgehead atoms. The summed E-state index contributed by atoms with van der Waals surface area (Å²) in [4.78, 5) is 10.8. The van der Waals surface area contributed by atoms with Crippen molar-refractivity contribution in [3.05, 3.63) is 53.0 Å². The fourth-order valence-electron chi connectivity index (χ4n) is 2.57. The van der Waals surface area contributed by atoms with Gasteiger partial charge >= 0.3 is 0 Å². The molecule has 0 aliphatic heterocycles. The van der Waals surface area contributed by atoms with Crippen LogP contribution in [0.25, 0.3) is 21.8 Å². The summed E-state index contributed by atoms with van der Waals surface area (Å²) in [6.07, 6.45) is 2.11. The third kappa shape index (κ3) is 3.27. The second-order valence-corrected chi connectivity index (χ2v) is 6.59. The van der Waals surface area contributed by atoms with E-state index in [1.807, 2.05) is 25.2 Å². The first kappa shape index (κ1) is 15.7. The van der Waals surface area contributed by atoms with Crippen molar-refractivity contribution in [1.29, 1.82) is 0 Å². The summed E-state index contributed by atoms with van der Waals surface area (Å²) in [5.74, 6) is 0.864. The van der Waals surface area contributed by atoms with Crippen molar-refractivity contribution in [3.63, 3.8) is 0 Å². The predicted molar refractivity (Wildman–Crippen MR) is 99.1 cm³/mol. The van der Waals surface area contributed by atoms with E-state index in [0.717, 1.165) is 30.0 Å². The molecule has 3 nitrogen and oxygen atoms in total. The third-order valence-electron chi connectivity index (χ3n) is 3.77. The van der Waals surface area contributed by atoms with Gasteiger partial charge in [0.1, 0.15) is 11.5 Å². The van der Waals surface area contributed by atoms with Crippen LogP contribution >= 0.6 is 11.3 Å². The number of nitrogens with zero attached hydrogens (tertiary/aromatic N) is 2. The fraction of sp³-hybridized carbons (Fsp3) is 0.263. The number of aromatic nitrogens is 2. The number of thiazole rings is 1. The highest BCUT2D eigenvalue weighted by Gasteiger charge is 2.17. The molecule has 23 heavy (non-hydrogen) atoms. The smallest absolute Gasteiger partial charge is 0.126 e. The summed E-state index contributed by atoms with van der Waals surface area (Å²) in [5.41, 5.74) is 4.43. The molecule has 0 spiro atoms. The highest BCUT2D eigenvalue weighted by atomic mass is 32.1. The maximum Gasteiger partial charge on any atom is 0.126 e. The standard InChI is InChI=1S/C19H21N3S/c1-4-8-17-22-18(15-11-7-12-16(20-3)21-15)19(23-17)14-10-6-5-9-13(14)2/h5-7,9-12H,4,8H2,1-3H3,(H,20,21). The molecule has 0 fully saturated rings. The maximum absolute atomic E-state index is 4.89. The molecular formula is C19H21N3S. The first-order chi connectivity index (χ1) is 11.2. The molecule has 0 aliphatic carbocycles. The molecule has 0 saturated carbocycles. The van der Waals surface area contributed by atoms with E-state index in [1.165, 1.54) is 21.0 Å². The van der Waals surface area contributed by atoms with Crippen LogP contribution in [0.3, 0.4) is 0 Å². The first-order valence-electron chi connectivity index (χ1n) is 7.93. The first-order valence-corrected chi connectivity index (χ1v) is 8.75. The Morgan fingerprint density at radius 2 is 1.87 bits per heavy atom. The molecule has 1 N–H and O–H groups in total. The van der Waals surface area contributed by atoms with Crippen molar-refractivity contribution < 1.29 is 0 Å². The number of hydrogen-bond acceptors (Lipinski definition) is 4. The lowest BCUT2D eigenvalue weighted by molar-refractivity contribution is 0.909. The van der Waals surface area contributed by atoms with Crippen LogP contribution in [-0.4, -0.2) is 17.0 Å². The lowest BCUT2D eigenvalue weighted by atomic mass is 10.1. The van der Waals surface area contributed by atoms with E-state index in [0.29, 0.717) is 0 Å². The zero-order chi connectivity index (χ0) is 16.2. The molecule has 0 aliphatic rings. The van der Waals surface area contributed by atoms with Gasteiger partial charge in [-0.25, -0.2) is 9.97 Å².